The van der Waals surface area contributed by atoms with E-state index in [2.05, 4.69) is 5.10 Å². The van der Waals surface area contributed by atoms with E-state index in [1.54, 1.807) is 10.9 Å². The highest BCUT2D eigenvalue weighted by atomic mass is 32.1. The molecule has 4 rings (SSSR count). The second-order valence-corrected chi connectivity index (χ2v) is 7.22. The first kappa shape index (κ1) is 18.1. The van der Waals surface area contributed by atoms with E-state index in [1.165, 1.54) is 11.3 Å². The Labute approximate surface area is 165 Å². The lowest BCUT2D eigenvalue weighted by atomic mass is 10.2. The molecule has 3 heterocycles. The van der Waals surface area contributed by atoms with Crippen molar-refractivity contribution in [1.82, 2.24) is 14.7 Å². The number of imide groups is 1. The zero-order valence-electron chi connectivity index (χ0n) is 14.9. The van der Waals surface area contributed by atoms with Gasteiger partial charge in [-0.15, -0.1) is 11.3 Å². The number of likely N-dealkylation sites (tertiary alicyclic amines) is 1. The van der Waals surface area contributed by atoms with Crippen molar-refractivity contribution in [3.8, 4) is 16.3 Å². The van der Waals surface area contributed by atoms with Crippen LogP contribution in [-0.2, 0) is 14.3 Å². The summed E-state index contributed by atoms with van der Waals surface area (Å²) in [6.45, 7) is -0.0907. The van der Waals surface area contributed by atoms with Gasteiger partial charge in [-0.3, -0.25) is 14.5 Å². The maximum Gasteiger partial charge on any atom is 0.342 e. The van der Waals surface area contributed by atoms with Crippen LogP contribution >= 0.6 is 11.3 Å². The van der Waals surface area contributed by atoms with Gasteiger partial charge in [0.25, 0.3) is 5.91 Å². The highest BCUT2D eigenvalue weighted by Gasteiger charge is 2.28. The van der Waals surface area contributed by atoms with E-state index in [-0.39, 0.29) is 11.5 Å². The number of ether oxygens (including phenoxy) is 1. The van der Waals surface area contributed by atoms with Crippen molar-refractivity contribution in [1.29, 1.82) is 0 Å². The van der Waals surface area contributed by atoms with E-state index in [1.807, 2.05) is 47.8 Å². The van der Waals surface area contributed by atoms with Crippen molar-refractivity contribution in [2.75, 3.05) is 13.2 Å². The first-order chi connectivity index (χ1) is 13.6. The third-order valence-electron chi connectivity index (χ3n) is 4.41. The molecule has 0 saturated carbocycles. The zero-order valence-corrected chi connectivity index (χ0v) is 15.7. The van der Waals surface area contributed by atoms with E-state index in [0.29, 0.717) is 25.1 Å². The summed E-state index contributed by atoms with van der Waals surface area (Å²) in [5, 5.41) is 6.43. The number of esters is 1. The van der Waals surface area contributed by atoms with E-state index in [4.69, 9.17) is 4.74 Å². The van der Waals surface area contributed by atoms with Crippen molar-refractivity contribution < 1.29 is 19.1 Å². The van der Waals surface area contributed by atoms with Crippen molar-refractivity contribution in [3.63, 3.8) is 0 Å². The number of aromatic nitrogens is 2. The number of hydrogen-bond acceptors (Lipinski definition) is 6. The molecular formula is C20H17N3O4S. The predicted molar refractivity (Wildman–Crippen MR) is 103 cm³/mol. The van der Waals surface area contributed by atoms with E-state index in [0.717, 1.165) is 15.5 Å². The highest BCUT2D eigenvalue weighted by molar-refractivity contribution is 7.13. The fraction of sp³-hybridized carbons (Fsp3) is 0.200. The molecular weight excluding hydrogens is 378 g/mol. The minimum Gasteiger partial charge on any atom is -0.452 e. The topological polar surface area (TPSA) is 81.5 Å². The molecule has 1 saturated heterocycles. The van der Waals surface area contributed by atoms with Gasteiger partial charge in [-0.05, 0) is 30.0 Å². The Morgan fingerprint density at radius 3 is 2.64 bits per heavy atom. The van der Waals surface area contributed by atoms with Gasteiger partial charge in [0.1, 0.15) is 11.3 Å². The van der Waals surface area contributed by atoms with Gasteiger partial charge in [-0.1, -0.05) is 24.3 Å². The first-order valence-corrected chi connectivity index (χ1v) is 9.71. The minimum atomic E-state index is -0.648. The van der Waals surface area contributed by atoms with Crippen LogP contribution in [0.3, 0.4) is 0 Å². The molecule has 3 aromatic rings. The third kappa shape index (κ3) is 3.59. The van der Waals surface area contributed by atoms with Gasteiger partial charge in [0.15, 0.2) is 6.61 Å². The van der Waals surface area contributed by atoms with Gasteiger partial charge in [0.05, 0.1) is 10.6 Å². The van der Waals surface area contributed by atoms with Gasteiger partial charge < -0.3 is 4.74 Å². The van der Waals surface area contributed by atoms with Gasteiger partial charge in [-0.25, -0.2) is 9.48 Å². The maximum absolute atomic E-state index is 12.7. The van der Waals surface area contributed by atoms with Crippen molar-refractivity contribution in [2.24, 2.45) is 0 Å². The van der Waals surface area contributed by atoms with Crippen molar-refractivity contribution in [2.45, 2.75) is 12.8 Å². The monoisotopic (exact) mass is 395 g/mol. The lowest BCUT2D eigenvalue weighted by Crippen LogP contribution is -2.35. The summed E-state index contributed by atoms with van der Waals surface area (Å²) in [4.78, 5) is 38.4. The van der Waals surface area contributed by atoms with Gasteiger partial charge in [0, 0.05) is 19.2 Å². The minimum absolute atomic E-state index is 0.225. The van der Waals surface area contributed by atoms with E-state index >= 15 is 0 Å². The second kappa shape index (κ2) is 7.77. The molecule has 28 heavy (non-hydrogen) atoms. The van der Waals surface area contributed by atoms with Gasteiger partial charge >= 0.3 is 5.97 Å². The number of benzene rings is 1. The third-order valence-corrected chi connectivity index (χ3v) is 5.29. The Morgan fingerprint density at radius 2 is 1.96 bits per heavy atom. The highest BCUT2D eigenvalue weighted by Crippen LogP contribution is 2.28. The Kier molecular flexibility index (Phi) is 5.03. The molecule has 2 amide bonds. The van der Waals surface area contributed by atoms with Crippen LogP contribution in [0.25, 0.3) is 16.3 Å². The summed E-state index contributed by atoms with van der Waals surface area (Å²) in [5.41, 5.74) is 1.57. The lowest BCUT2D eigenvalue weighted by Gasteiger charge is -2.13. The van der Waals surface area contributed by atoms with E-state index in [9.17, 15) is 14.4 Å². The molecule has 8 heteroatoms. The molecule has 0 aliphatic carbocycles. The Balaban J connectivity index is 1.57. The molecule has 0 atom stereocenters. The number of hydrogen-bond donors (Lipinski definition) is 0. The van der Waals surface area contributed by atoms with Gasteiger partial charge in [-0.2, -0.15) is 5.10 Å². The molecule has 0 spiro atoms. The molecule has 0 unspecified atom stereocenters. The number of carbonyl (C=O) groups is 3. The summed E-state index contributed by atoms with van der Waals surface area (Å²) in [7, 11) is 0. The van der Waals surface area contributed by atoms with Crippen LogP contribution in [0, 0.1) is 0 Å². The molecule has 1 fully saturated rings. The number of nitrogens with zero attached hydrogens (tertiary/aromatic N) is 3. The summed E-state index contributed by atoms with van der Waals surface area (Å²) in [6, 6.07) is 13.2. The van der Waals surface area contributed by atoms with Crippen LogP contribution in [0.2, 0.25) is 0 Å². The standard InChI is InChI=1S/C20H17N3O4S/c24-17-9-4-10-22(17)18(25)13-27-20(26)15-12-23(14-6-2-1-3-7-14)21-19(15)16-8-5-11-28-16/h1-3,5-8,11-12H,4,9-10,13H2. The van der Waals surface area contributed by atoms with Crippen molar-refractivity contribution >= 4 is 29.1 Å². The molecule has 142 valence electrons. The van der Waals surface area contributed by atoms with E-state index < -0.39 is 18.5 Å². The van der Waals surface area contributed by atoms with Crippen LogP contribution < -0.4 is 0 Å². The number of rotatable bonds is 5. The predicted octanol–water partition coefficient (Wildman–Crippen LogP) is 2.91. The largest absolute Gasteiger partial charge is 0.452 e. The smallest absolute Gasteiger partial charge is 0.342 e. The molecule has 1 aliphatic heterocycles. The Morgan fingerprint density at radius 1 is 1.14 bits per heavy atom. The number of carbonyl (C=O) groups excluding carboxylic acids is 3. The summed E-state index contributed by atoms with van der Waals surface area (Å²) in [6.07, 6.45) is 2.59. The number of para-hydroxylation sites is 1. The summed E-state index contributed by atoms with van der Waals surface area (Å²) < 4.78 is 6.82. The summed E-state index contributed by atoms with van der Waals surface area (Å²) in [5.74, 6) is -1.37. The molecule has 1 aliphatic rings. The molecule has 0 bridgehead atoms. The summed E-state index contributed by atoms with van der Waals surface area (Å²) >= 11 is 1.46. The fourth-order valence-corrected chi connectivity index (χ4v) is 3.75. The van der Waals surface area contributed by atoms with Crippen LogP contribution in [0.15, 0.2) is 54.0 Å². The quantitative estimate of drug-likeness (QED) is 0.621. The fourth-order valence-electron chi connectivity index (χ4n) is 3.03. The molecule has 2 aromatic heterocycles. The number of thiophene rings is 1. The zero-order chi connectivity index (χ0) is 19.5. The van der Waals surface area contributed by atoms with Crippen molar-refractivity contribution in [3.05, 3.63) is 59.6 Å². The molecule has 7 nitrogen and oxygen atoms in total. The van der Waals surface area contributed by atoms with Crippen LogP contribution in [-0.4, -0.2) is 45.6 Å². The Hall–Kier alpha value is -3.26. The average molecular weight is 395 g/mol. The lowest BCUT2D eigenvalue weighted by molar-refractivity contribution is -0.143. The van der Waals surface area contributed by atoms with Crippen LogP contribution in [0.5, 0.6) is 0 Å². The van der Waals surface area contributed by atoms with Crippen LogP contribution in [0.1, 0.15) is 23.2 Å². The second-order valence-electron chi connectivity index (χ2n) is 6.27. The normalized spacial score (nSPS) is 13.7. The maximum atomic E-state index is 12.7. The van der Waals surface area contributed by atoms with Gasteiger partial charge in [0.2, 0.25) is 5.91 Å². The van der Waals surface area contributed by atoms with Crippen LogP contribution in [0.4, 0.5) is 0 Å². The first-order valence-electron chi connectivity index (χ1n) is 8.83. The number of amides is 2. The molecule has 0 radical (unpaired) electrons. The average Bonchev–Trinajstić information content (AvgIpc) is 3.46. The SMILES string of the molecule is O=C(OCC(=O)N1CCCC1=O)c1cn(-c2ccccc2)nc1-c1cccs1. The Bertz CT molecular complexity index is 1010. The molecule has 1 aromatic carbocycles. The molecule has 0 N–H and O–H groups in total.